The van der Waals surface area contributed by atoms with E-state index in [-0.39, 0.29) is 5.78 Å². The van der Waals surface area contributed by atoms with Crippen molar-refractivity contribution in [1.29, 1.82) is 0 Å². The third kappa shape index (κ3) is 2.81. The molecule has 110 valence electrons. The van der Waals surface area contributed by atoms with E-state index in [2.05, 4.69) is 4.98 Å². The van der Waals surface area contributed by atoms with Crippen molar-refractivity contribution >= 4 is 17.4 Å². The van der Waals surface area contributed by atoms with Crippen LogP contribution in [0.15, 0.2) is 24.5 Å². The number of carbonyl (C=O) groups excluding carboxylic acids is 1. The summed E-state index contributed by atoms with van der Waals surface area (Å²) >= 11 is 6.07. The molecule has 4 nitrogen and oxygen atoms in total. The average molecular weight is 305 g/mol. The number of nitrogens with zero attached hydrogens (tertiary/aromatic N) is 2. The molecule has 1 aromatic carbocycles. The number of rotatable bonds is 4. The lowest BCUT2D eigenvalue weighted by Gasteiger charge is -2.13. The highest BCUT2D eigenvalue weighted by Gasteiger charge is 2.17. The fourth-order valence-electron chi connectivity index (χ4n) is 2.75. The van der Waals surface area contributed by atoms with Crippen molar-refractivity contribution in [2.45, 2.75) is 32.2 Å². The third-order valence-electron chi connectivity index (χ3n) is 3.90. The smallest absolute Gasteiger partial charge is 0.182 e. The van der Waals surface area contributed by atoms with Crippen LogP contribution in [0.25, 0.3) is 0 Å². The number of hydrogen-bond donors (Lipinski definition) is 0. The highest BCUT2D eigenvalue weighted by molar-refractivity contribution is 6.32. The van der Waals surface area contributed by atoms with E-state index in [9.17, 15) is 4.79 Å². The second-order valence-electron chi connectivity index (χ2n) is 5.25. The Morgan fingerprint density at radius 1 is 1.38 bits per heavy atom. The van der Waals surface area contributed by atoms with Gasteiger partial charge < -0.3 is 9.30 Å². The second kappa shape index (κ2) is 5.90. The van der Waals surface area contributed by atoms with E-state index in [1.165, 1.54) is 18.5 Å². The van der Waals surface area contributed by atoms with Gasteiger partial charge in [0.25, 0.3) is 0 Å². The van der Waals surface area contributed by atoms with Crippen LogP contribution in [0.3, 0.4) is 0 Å². The van der Waals surface area contributed by atoms with E-state index in [0.29, 0.717) is 22.9 Å². The number of benzene rings is 1. The van der Waals surface area contributed by atoms with Crippen LogP contribution in [0, 0.1) is 0 Å². The molecule has 1 heterocycles. The molecule has 1 aliphatic rings. The molecule has 0 aliphatic heterocycles. The SMILES string of the molecule is COc1ccc(C(=O)Cn2cnc3c2CCCC3)cc1Cl. The van der Waals surface area contributed by atoms with E-state index in [0.717, 1.165) is 18.5 Å². The number of fused-ring (bicyclic) bond motifs is 1. The zero-order valence-corrected chi connectivity index (χ0v) is 12.7. The van der Waals surface area contributed by atoms with Crippen LogP contribution >= 0.6 is 11.6 Å². The largest absolute Gasteiger partial charge is 0.495 e. The zero-order valence-electron chi connectivity index (χ0n) is 11.9. The van der Waals surface area contributed by atoms with Gasteiger partial charge in [0.15, 0.2) is 5.78 Å². The number of ether oxygens (including phenoxy) is 1. The Morgan fingerprint density at radius 3 is 2.95 bits per heavy atom. The Kier molecular flexibility index (Phi) is 3.97. The second-order valence-corrected chi connectivity index (χ2v) is 5.65. The Morgan fingerprint density at radius 2 is 2.19 bits per heavy atom. The normalized spacial score (nSPS) is 13.8. The molecule has 0 unspecified atom stereocenters. The van der Waals surface area contributed by atoms with Crippen LogP contribution in [0.1, 0.15) is 34.6 Å². The lowest BCUT2D eigenvalue weighted by Crippen LogP contribution is -2.14. The fourth-order valence-corrected chi connectivity index (χ4v) is 3.01. The van der Waals surface area contributed by atoms with E-state index in [1.54, 1.807) is 31.6 Å². The van der Waals surface area contributed by atoms with Gasteiger partial charge in [0.1, 0.15) is 5.75 Å². The number of carbonyl (C=O) groups is 1. The third-order valence-corrected chi connectivity index (χ3v) is 4.19. The molecule has 0 fully saturated rings. The minimum Gasteiger partial charge on any atom is -0.495 e. The van der Waals surface area contributed by atoms with Crippen molar-refractivity contribution in [3.8, 4) is 5.75 Å². The van der Waals surface area contributed by atoms with Crippen molar-refractivity contribution in [2.24, 2.45) is 0 Å². The minimum absolute atomic E-state index is 0.0327. The Balaban J connectivity index is 1.80. The molecule has 0 atom stereocenters. The standard InChI is InChI=1S/C16H17ClN2O2/c1-21-16-7-6-11(8-12(16)17)15(20)9-19-10-18-13-4-2-3-5-14(13)19/h6-8,10H,2-5,9H2,1H3. The van der Waals surface area contributed by atoms with Gasteiger partial charge in [-0.3, -0.25) is 4.79 Å². The number of imidazole rings is 1. The van der Waals surface area contributed by atoms with Crippen molar-refractivity contribution in [3.05, 3.63) is 46.5 Å². The number of halogens is 1. The zero-order chi connectivity index (χ0) is 14.8. The summed E-state index contributed by atoms with van der Waals surface area (Å²) in [5, 5.41) is 0.455. The van der Waals surface area contributed by atoms with Gasteiger partial charge in [0.2, 0.25) is 0 Å². The molecule has 5 heteroatoms. The van der Waals surface area contributed by atoms with E-state index >= 15 is 0 Å². The van der Waals surface area contributed by atoms with Crippen LogP contribution in [0.2, 0.25) is 5.02 Å². The maximum absolute atomic E-state index is 12.4. The minimum atomic E-state index is 0.0327. The predicted molar refractivity (Wildman–Crippen MR) is 81.2 cm³/mol. The quantitative estimate of drug-likeness (QED) is 0.814. The van der Waals surface area contributed by atoms with Gasteiger partial charge in [-0.25, -0.2) is 4.98 Å². The fraction of sp³-hybridized carbons (Fsp3) is 0.375. The molecular weight excluding hydrogens is 288 g/mol. The summed E-state index contributed by atoms with van der Waals surface area (Å²) < 4.78 is 7.07. The number of Topliss-reactive ketones (excluding diaryl/α,β-unsaturated/α-hetero) is 1. The Bertz CT molecular complexity index is 679. The molecule has 0 spiro atoms. The highest BCUT2D eigenvalue weighted by Crippen LogP contribution is 2.26. The monoisotopic (exact) mass is 304 g/mol. The first-order valence-corrected chi connectivity index (χ1v) is 7.46. The molecule has 0 radical (unpaired) electrons. The molecule has 0 saturated carbocycles. The van der Waals surface area contributed by atoms with Gasteiger partial charge in [-0.05, 0) is 43.9 Å². The van der Waals surface area contributed by atoms with Crippen molar-refractivity contribution in [2.75, 3.05) is 7.11 Å². The molecule has 3 rings (SSSR count). The first-order valence-electron chi connectivity index (χ1n) is 7.08. The Hall–Kier alpha value is -1.81. The molecule has 0 amide bonds. The van der Waals surface area contributed by atoms with Crippen LogP contribution in [-0.2, 0) is 19.4 Å². The average Bonchev–Trinajstić information content (AvgIpc) is 2.90. The number of hydrogen-bond acceptors (Lipinski definition) is 3. The summed E-state index contributed by atoms with van der Waals surface area (Å²) in [6.07, 6.45) is 6.16. The molecule has 1 aliphatic carbocycles. The number of methoxy groups -OCH3 is 1. The predicted octanol–water partition coefficient (Wildman–Crippen LogP) is 3.31. The van der Waals surface area contributed by atoms with Gasteiger partial charge in [-0.1, -0.05) is 11.6 Å². The molecular formula is C16H17ClN2O2. The van der Waals surface area contributed by atoms with Crippen LogP contribution in [0.5, 0.6) is 5.75 Å². The summed E-state index contributed by atoms with van der Waals surface area (Å²) in [6.45, 7) is 0.311. The number of aromatic nitrogens is 2. The summed E-state index contributed by atoms with van der Waals surface area (Å²) in [6, 6.07) is 5.13. The Labute approximate surface area is 128 Å². The van der Waals surface area contributed by atoms with Gasteiger partial charge in [0, 0.05) is 11.3 Å². The lowest BCUT2D eigenvalue weighted by molar-refractivity contribution is 0.0971. The van der Waals surface area contributed by atoms with Crippen LogP contribution < -0.4 is 4.74 Å². The van der Waals surface area contributed by atoms with Gasteiger partial charge in [-0.15, -0.1) is 0 Å². The van der Waals surface area contributed by atoms with Crippen molar-refractivity contribution in [3.63, 3.8) is 0 Å². The summed E-state index contributed by atoms with van der Waals surface area (Å²) in [7, 11) is 1.56. The molecule has 21 heavy (non-hydrogen) atoms. The highest BCUT2D eigenvalue weighted by atomic mass is 35.5. The molecule has 2 aromatic rings. The number of ketones is 1. The maximum atomic E-state index is 12.4. The lowest BCUT2D eigenvalue weighted by atomic mass is 10.0. The maximum Gasteiger partial charge on any atom is 0.182 e. The van der Waals surface area contributed by atoms with Crippen LogP contribution in [0.4, 0.5) is 0 Å². The van der Waals surface area contributed by atoms with Gasteiger partial charge in [-0.2, -0.15) is 0 Å². The summed E-state index contributed by atoms with van der Waals surface area (Å²) in [5.74, 6) is 0.610. The first-order chi connectivity index (χ1) is 10.2. The van der Waals surface area contributed by atoms with E-state index in [1.807, 2.05) is 4.57 Å². The van der Waals surface area contributed by atoms with E-state index < -0.39 is 0 Å². The molecule has 0 N–H and O–H groups in total. The first kappa shape index (κ1) is 14.1. The van der Waals surface area contributed by atoms with Crippen molar-refractivity contribution in [1.82, 2.24) is 9.55 Å². The topological polar surface area (TPSA) is 44.1 Å². The van der Waals surface area contributed by atoms with Crippen molar-refractivity contribution < 1.29 is 9.53 Å². The van der Waals surface area contributed by atoms with Gasteiger partial charge >= 0.3 is 0 Å². The summed E-state index contributed by atoms with van der Waals surface area (Å²) in [4.78, 5) is 16.8. The number of aryl methyl sites for hydroxylation is 1. The van der Waals surface area contributed by atoms with Crippen LogP contribution in [-0.4, -0.2) is 22.4 Å². The summed E-state index contributed by atoms with van der Waals surface area (Å²) in [5.41, 5.74) is 2.94. The molecule has 0 bridgehead atoms. The molecule has 1 aromatic heterocycles. The molecule has 0 saturated heterocycles. The van der Waals surface area contributed by atoms with E-state index in [4.69, 9.17) is 16.3 Å². The van der Waals surface area contributed by atoms with Gasteiger partial charge in [0.05, 0.1) is 30.7 Å².